The average molecular weight is 303 g/mol. The van der Waals surface area contributed by atoms with Crippen molar-refractivity contribution in [1.29, 1.82) is 0 Å². The number of nitrogens with one attached hydrogen (secondary N) is 2. The van der Waals surface area contributed by atoms with E-state index in [1.54, 1.807) is 6.20 Å². The molecule has 0 spiro atoms. The minimum absolute atomic E-state index is 0.133. The Bertz CT molecular complexity index is 724. The molecule has 1 aliphatic carbocycles. The Morgan fingerprint density at radius 1 is 1.32 bits per heavy atom. The molecule has 0 radical (unpaired) electrons. The Balaban J connectivity index is 1.99. The number of aromatic nitrogens is 4. The SMILES string of the molecule is CC1CCCCC1Nc1nc2c(cnn2C(C)(C)C)c(=O)[nH]1. The largest absolute Gasteiger partial charge is 0.353 e. The number of H-pyrrole nitrogens is 1. The third-order valence-electron chi connectivity index (χ3n) is 4.51. The van der Waals surface area contributed by atoms with E-state index in [4.69, 9.17) is 0 Å². The Morgan fingerprint density at radius 3 is 2.73 bits per heavy atom. The Kier molecular flexibility index (Phi) is 3.70. The molecule has 22 heavy (non-hydrogen) atoms. The number of hydrogen-bond donors (Lipinski definition) is 2. The monoisotopic (exact) mass is 303 g/mol. The molecule has 2 N–H and O–H groups in total. The van der Waals surface area contributed by atoms with E-state index < -0.39 is 0 Å². The highest BCUT2D eigenvalue weighted by molar-refractivity contribution is 5.74. The summed E-state index contributed by atoms with van der Waals surface area (Å²) >= 11 is 0. The molecule has 0 bridgehead atoms. The highest BCUT2D eigenvalue weighted by Crippen LogP contribution is 2.26. The fourth-order valence-corrected chi connectivity index (χ4v) is 3.18. The highest BCUT2D eigenvalue weighted by Gasteiger charge is 2.23. The van der Waals surface area contributed by atoms with Gasteiger partial charge in [-0.2, -0.15) is 10.1 Å². The van der Waals surface area contributed by atoms with E-state index in [2.05, 4.69) is 48.1 Å². The van der Waals surface area contributed by atoms with Crippen LogP contribution in [0.5, 0.6) is 0 Å². The van der Waals surface area contributed by atoms with Gasteiger partial charge in [0.1, 0.15) is 5.39 Å². The van der Waals surface area contributed by atoms with Crippen LogP contribution in [0.2, 0.25) is 0 Å². The van der Waals surface area contributed by atoms with Gasteiger partial charge in [0.15, 0.2) is 5.65 Å². The van der Waals surface area contributed by atoms with Gasteiger partial charge >= 0.3 is 0 Å². The predicted molar refractivity (Wildman–Crippen MR) is 88.2 cm³/mol. The summed E-state index contributed by atoms with van der Waals surface area (Å²) in [6.07, 6.45) is 6.47. The molecule has 1 fully saturated rings. The van der Waals surface area contributed by atoms with Crippen molar-refractivity contribution in [2.24, 2.45) is 5.92 Å². The molecule has 0 aromatic carbocycles. The van der Waals surface area contributed by atoms with E-state index in [0.29, 0.717) is 28.9 Å². The van der Waals surface area contributed by atoms with Crippen molar-refractivity contribution in [3.05, 3.63) is 16.6 Å². The van der Waals surface area contributed by atoms with Crippen molar-refractivity contribution in [1.82, 2.24) is 19.7 Å². The van der Waals surface area contributed by atoms with Crippen LogP contribution in [-0.2, 0) is 5.54 Å². The fraction of sp³-hybridized carbons (Fsp3) is 0.688. The van der Waals surface area contributed by atoms with Gasteiger partial charge in [0, 0.05) is 6.04 Å². The van der Waals surface area contributed by atoms with Crippen LogP contribution in [-0.4, -0.2) is 25.8 Å². The van der Waals surface area contributed by atoms with E-state index in [0.717, 1.165) is 6.42 Å². The number of fused-ring (bicyclic) bond motifs is 1. The van der Waals surface area contributed by atoms with Gasteiger partial charge < -0.3 is 5.32 Å². The molecular weight excluding hydrogens is 278 g/mol. The maximum atomic E-state index is 12.3. The summed E-state index contributed by atoms with van der Waals surface area (Å²) in [6, 6.07) is 0.375. The van der Waals surface area contributed by atoms with Crippen LogP contribution in [0.3, 0.4) is 0 Å². The molecule has 2 atom stereocenters. The molecule has 0 aliphatic heterocycles. The van der Waals surface area contributed by atoms with Crippen LogP contribution in [0.15, 0.2) is 11.0 Å². The second-order valence-corrected chi connectivity index (χ2v) is 7.39. The number of hydrogen-bond acceptors (Lipinski definition) is 4. The lowest BCUT2D eigenvalue weighted by Crippen LogP contribution is -2.32. The van der Waals surface area contributed by atoms with Gasteiger partial charge in [-0.15, -0.1) is 0 Å². The van der Waals surface area contributed by atoms with Gasteiger partial charge in [-0.05, 0) is 39.5 Å². The predicted octanol–water partition coefficient (Wildman–Crippen LogP) is 2.87. The third kappa shape index (κ3) is 2.74. The van der Waals surface area contributed by atoms with Crippen LogP contribution in [0.4, 0.5) is 5.95 Å². The standard InChI is InChI=1S/C16H25N5O/c1-10-7-5-6-8-12(10)18-15-19-13-11(14(22)20-15)9-17-21(13)16(2,3)4/h9-10,12H,5-8H2,1-4H3,(H2,18,19,20,22). The summed E-state index contributed by atoms with van der Waals surface area (Å²) in [6.45, 7) is 8.42. The van der Waals surface area contributed by atoms with Crippen LogP contribution in [0, 0.1) is 5.92 Å². The first-order valence-corrected chi connectivity index (χ1v) is 8.11. The van der Waals surface area contributed by atoms with E-state index in [9.17, 15) is 4.79 Å². The summed E-state index contributed by atoms with van der Waals surface area (Å²) in [5, 5.41) is 8.30. The first-order chi connectivity index (χ1) is 10.4. The van der Waals surface area contributed by atoms with E-state index in [1.807, 2.05) is 4.68 Å². The maximum Gasteiger partial charge on any atom is 0.263 e. The first kappa shape index (κ1) is 15.1. The van der Waals surface area contributed by atoms with E-state index in [-0.39, 0.29) is 11.1 Å². The lowest BCUT2D eigenvalue weighted by Gasteiger charge is -2.29. The molecule has 0 amide bonds. The number of nitrogens with zero attached hydrogens (tertiary/aromatic N) is 3. The van der Waals surface area contributed by atoms with Gasteiger partial charge in [0.05, 0.1) is 11.7 Å². The summed E-state index contributed by atoms with van der Waals surface area (Å²) in [7, 11) is 0. The number of rotatable bonds is 2. The smallest absolute Gasteiger partial charge is 0.263 e. The zero-order valence-electron chi connectivity index (χ0n) is 13.8. The molecule has 0 saturated heterocycles. The number of aromatic amines is 1. The lowest BCUT2D eigenvalue weighted by atomic mass is 9.86. The maximum absolute atomic E-state index is 12.3. The normalized spacial score (nSPS) is 22.9. The minimum Gasteiger partial charge on any atom is -0.353 e. The molecule has 120 valence electrons. The summed E-state index contributed by atoms with van der Waals surface area (Å²) in [5.41, 5.74) is 0.298. The highest BCUT2D eigenvalue weighted by atomic mass is 16.1. The van der Waals surface area contributed by atoms with Gasteiger partial charge in [-0.1, -0.05) is 19.8 Å². The van der Waals surface area contributed by atoms with Crippen molar-refractivity contribution < 1.29 is 0 Å². The van der Waals surface area contributed by atoms with Crippen LogP contribution in [0.25, 0.3) is 11.0 Å². The third-order valence-corrected chi connectivity index (χ3v) is 4.51. The second kappa shape index (κ2) is 5.41. The molecule has 3 rings (SSSR count). The van der Waals surface area contributed by atoms with E-state index >= 15 is 0 Å². The molecule has 2 heterocycles. The van der Waals surface area contributed by atoms with Gasteiger partial charge in [0.2, 0.25) is 5.95 Å². The topological polar surface area (TPSA) is 75.6 Å². The second-order valence-electron chi connectivity index (χ2n) is 7.39. The average Bonchev–Trinajstić information content (AvgIpc) is 2.86. The Hall–Kier alpha value is -1.85. The first-order valence-electron chi connectivity index (χ1n) is 8.11. The van der Waals surface area contributed by atoms with Crippen molar-refractivity contribution in [2.75, 3.05) is 5.32 Å². The quantitative estimate of drug-likeness (QED) is 0.894. The molecule has 1 saturated carbocycles. The van der Waals surface area contributed by atoms with Crippen molar-refractivity contribution in [2.45, 2.75) is 65.0 Å². The van der Waals surface area contributed by atoms with Crippen LogP contribution < -0.4 is 10.9 Å². The van der Waals surface area contributed by atoms with Crippen LogP contribution >= 0.6 is 0 Å². The molecular formula is C16H25N5O. The fourth-order valence-electron chi connectivity index (χ4n) is 3.18. The zero-order valence-corrected chi connectivity index (χ0v) is 13.8. The van der Waals surface area contributed by atoms with Gasteiger partial charge in [-0.3, -0.25) is 9.78 Å². The van der Waals surface area contributed by atoms with Crippen molar-refractivity contribution >= 4 is 17.0 Å². The molecule has 2 aromatic heterocycles. The van der Waals surface area contributed by atoms with E-state index in [1.165, 1.54) is 19.3 Å². The number of anilines is 1. The molecule has 1 aliphatic rings. The summed E-state index contributed by atoms with van der Waals surface area (Å²) in [4.78, 5) is 19.8. The Morgan fingerprint density at radius 2 is 2.05 bits per heavy atom. The van der Waals surface area contributed by atoms with Gasteiger partial charge in [-0.25, -0.2) is 4.68 Å². The zero-order chi connectivity index (χ0) is 15.9. The molecule has 6 nitrogen and oxygen atoms in total. The van der Waals surface area contributed by atoms with Crippen molar-refractivity contribution in [3.8, 4) is 0 Å². The molecule has 6 heteroatoms. The van der Waals surface area contributed by atoms with Crippen molar-refractivity contribution in [3.63, 3.8) is 0 Å². The minimum atomic E-state index is -0.210. The van der Waals surface area contributed by atoms with Crippen LogP contribution in [0.1, 0.15) is 53.4 Å². The summed E-state index contributed by atoms with van der Waals surface area (Å²) in [5.74, 6) is 1.16. The molecule has 2 unspecified atom stereocenters. The molecule has 2 aromatic rings. The summed E-state index contributed by atoms with van der Waals surface area (Å²) < 4.78 is 1.81. The van der Waals surface area contributed by atoms with Gasteiger partial charge in [0.25, 0.3) is 5.56 Å². The Labute approximate surface area is 130 Å². The lowest BCUT2D eigenvalue weighted by molar-refractivity contribution is 0.348.